The molecule has 0 atom stereocenters. The van der Waals surface area contributed by atoms with Gasteiger partial charge < -0.3 is 0 Å². The summed E-state index contributed by atoms with van der Waals surface area (Å²) in [6.07, 6.45) is 0. The molecule has 2 aromatic carbocycles. The maximum atomic E-state index is 11.8. The number of hydrogen-bond acceptors (Lipinski definition) is 2. The van der Waals surface area contributed by atoms with Gasteiger partial charge in [0, 0.05) is 0 Å². The molecule has 23 heavy (non-hydrogen) atoms. The number of benzene rings is 2. The van der Waals surface area contributed by atoms with Crippen LogP contribution in [0.1, 0.15) is 76.0 Å². The fourth-order valence-corrected chi connectivity index (χ4v) is 3.81. The van der Waals surface area contributed by atoms with Crippen molar-refractivity contribution in [2.24, 2.45) is 0 Å². The Hall–Kier alpha value is -1.39. The first-order chi connectivity index (χ1) is 10.5. The van der Waals surface area contributed by atoms with E-state index in [1.54, 1.807) is 6.07 Å². The summed E-state index contributed by atoms with van der Waals surface area (Å²) in [5.41, 5.74) is 3.03. The molecule has 0 aliphatic heterocycles. The highest BCUT2D eigenvalue weighted by atomic mass is 32.2. The third-order valence-electron chi connectivity index (χ3n) is 4.33. The monoisotopic (exact) mass is 334 g/mol. The summed E-state index contributed by atoms with van der Waals surface area (Å²) in [5.74, 6) is 0.692. The van der Waals surface area contributed by atoms with Gasteiger partial charge in [-0.3, -0.25) is 4.55 Å². The number of fused-ring (bicyclic) bond motifs is 1. The van der Waals surface area contributed by atoms with Crippen LogP contribution < -0.4 is 0 Å². The van der Waals surface area contributed by atoms with E-state index in [2.05, 4.69) is 39.8 Å². The predicted octanol–water partition coefficient (Wildman–Crippen LogP) is 5.46. The van der Waals surface area contributed by atoms with Gasteiger partial charge in [0.1, 0.15) is 0 Å². The van der Waals surface area contributed by atoms with Crippen LogP contribution >= 0.6 is 0 Å². The van der Waals surface area contributed by atoms with Gasteiger partial charge in [0.2, 0.25) is 0 Å². The van der Waals surface area contributed by atoms with Gasteiger partial charge >= 0.3 is 0 Å². The Morgan fingerprint density at radius 1 is 0.783 bits per heavy atom. The number of hydrogen-bond donors (Lipinski definition) is 1. The van der Waals surface area contributed by atoms with Gasteiger partial charge in [-0.15, -0.1) is 0 Å². The van der Waals surface area contributed by atoms with Crippen molar-refractivity contribution in [3.63, 3.8) is 0 Å². The van der Waals surface area contributed by atoms with E-state index in [0.29, 0.717) is 11.5 Å². The van der Waals surface area contributed by atoms with E-state index in [4.69, 9.17) is 0 Å². The molecular weight excluding hydrogens is 308 g/mol. The minimum absolute atomic E-state index is 0.0153. The Kier molecular flexibility index (Phi) is 4.88. The zero-order valence-corrected chi connectivity index (χ0v) is 15.5. The Morgan fingerprint density at radius 2 is 1.35 bits per heavy atom. The SMILES string of the molecule is CC(C)c1cc(C(C)C)c2cc(S(=O)(=O)O)c(C(C)C)cc2c1. The molecule has 0 aliphatic rings. The lowest BCUT2D eigenvalue weighted by atomic mass is 9.88. The summed E-state index contributed by atoms with van der Waals surface area (Å²) in [6.45, 7) is 12.4. The minimum Gasteiger partial charge on any atom is -0.282 e. The van der Waals surface area contributed by atoms with E-state index in [9.17, 15) is 13.0 Å². The summed E-state index contributed by atoms with van der Waals surface area (Å²) in [6, 6.07) is 7.84. The second kappa shape index (κ2) is 6.25. The molecule has 0 saturated carbocycles. The van der Waals surface area contributed by atoms with E-state index in [1.807, 2.05) is 19.9 Å². The fourth-order valence-electron chi connectivity index (χ4n) is 2.95. The Balaban J connectivity index is 2.95. The molecule has 0 heterocycles. The van der Waals surface area contributed by atoms with Gasteiger partial charge in [0.25, 0.3) is 10.1 Å². The lowest BCUT2D eigenvalue weighted by Gasteiger charge is -2.18. The van der Waals surface area contributed by atoms with E-state index in [1.165, 1.54) is 5.56 Å². The van der Waals surface area contributed by atoms with Crippen LogP contribution in [0.25, 0.3) is 10.8 Å². The molecule has 4 heteroatoms. The Morgan fingerprint density at radius 3 is 1.78 bits per heavy atom. The van der Waals surface area contributed by atoms with Crippen molar-refractivity contribution >= 4 is 20.9 Å². The second-order valence-corrected chi connectivity index (χ2v) is 8.55. The van der Waals surface area contributed by atoms with Gasteiger partial charge in [-0.1, -0.05) is 53.7 Å². The molecule has 2 rings (SSSR count). The van der Waals surface area contributed by atoms with Crippen molar-refractivity contribution in [1.82, 2.24) is 0 Å². The van der Waals surface area contributed by atoms with Crippen molar-refractivity contribution in [3.8, 4) is 0 Å². The quantitative estimate of drug-likeness (QED) is 0.756. The molecule has 2 aromatic rings. The first kappa shape index (κ1) is 18.0. The lowest BCUT2D eigenvalue weighted by Crippen LogP contribution is -2.06. The first-order valence-electron chi connectivity index (χ1n) is 8.11. The molecule has 0 radical (unpaired) electrons. The molecule has 1 N–H and O–H groups in total. The van der Waals surface area contributed by atoms with E-state index < -0.39 is 10.1 Å². The molecule has 3 nitrogen and oxygen atoms in total. The van der Waals surface area contributed by atoms with Crippen LogP contribution in [0, 0.1) is 0 Å². The van der Waals surface area contributed by atoms with E-state index >= 15 is 0 Å². The van der Waals surface area contributed by atoms with Gasteiger partial charge in [-0.25, -0.2) is 0 Å². The normalized spacial score (nSPS) is 12.8. The zero-order chi connectivity index (χ0) is 17.5. The lowest BCUT2D eigenvalue weighted by molar-refractivity contribution is 0.481. The molecule has 0 aromatic heterocycles. The molecule has 0 saturated heterocycles. The van der Waals surface area contributed by atoms with Crippen LogP contribution in [0.3, 0.4) is 0 Å². The van der Waals surface area contributed by atoms with Crippen molar-refractivity contribution in [3.05, 3.63) is 41.0 Å². The molecule has 0 spiro atoms. The molecule has 0 amide bonds. The van der Waals surface area contributed by atoms with Crippen LogP contribution in [-0.4, -0.2) is 13.0 Å². The van der Waals surface area contributed by atoms with Gasteiger partial charge in [0.05, 0.1) is 4.90 Å². The second-order valence-electron chi connectivity index (χ2n) is 7.16. The topological polar surface area (TPSA) is 54.4 Å². The summed E-state index contributed by atoms with van der Waals surface area (Å²) >= 11 is 0. The van der Waals surface area contributed by atoms with Gasteiger partial charge in [-0.05, 0) is 57.3 Å². The van der Waals surface area contributed by atoms with Crippen LogP contribution in [0.15, 0.2) is 29.2 Å². The van der Waals surface area contributed by atoms with E-state index in [-0.39, 0.29) is 16.7 Å². The highest BCUT2D eigenvalue weighted by Gasteiger charge is 2.20. The van der Waals surface area contributed by atoms with E-state index in [0.717, 1.165) is 16.3 Å². The van der Waals surface area contributed by atoms with Crippen LogP contribution in [0.2, 0.25) is 0 Å². The minimum atomic E-state index is -4.24. The maximum Gasteiger partial charge on any atom is 0.294 e. The highest BCUT2D eigenvalue weighted by molar-refractivity contribution is 7.85. The molecular formula is C19H26O3S. The largest absolute Gasteiger partial charge is 0.294 e. The van der Waals surface area contributed by atoms with Crippen molar-refractivity contribution < 1.29 is 13.0 Å². The number of rotatable bonds is 4. The van der Waals surface area contributed by atoms with Crippen molar-refractivity contribution in [2.45, 2.75) is 64.2 Å². The standard InChI is InChI=1S/C19H26O3S/c1-11(2)14-7-15-9-17(13(5)6)19(23(20,21)22)10-18(15)16(8-14)12(3)4/h7-13H,1-6H3,(H,20,21,22). The summed E-state index contributed by atoms with van der Waals surface area (Å²) in [7, 11) is -4.24. The zero-order valence-electron chi connectivity index (χ0n) is 14.7. The average molecular weight is 334 g/mol. The summed E-state index contributed by atoms with van der Waals surface area (Å²) < 4.78 is 33.3. The smallest absolute Gasteiger partial charge is 0.282 e. The molecule has 0 unspecified atom stereocenters. The van der Waals surface area contributed by atoms with Crippen LogP contribution in [-0.2, 0) is 10.1 Å². The predicted molar refractivity (Wildman–Crippen MR) is 96.0 cm³/mol. The fraction of sp³-hybridized carbons (Fsp3) is 0.474. The third kappa shape index (κ3) is 3.59. The summed E-state index contributed by atoms with van der Waals surface area (Å²) in [4.78, 5) is 0.0270. The van der Waals surface area contributed by atoms with Crippen molar-refractivity contribution in [1.29, 1.82) is 0 Å². The van der Waals surface area contributed by atoms with Crippen LogP contribution in [0.4, 0.5) is 0 Å². The Labute approximate surface area is 139 Å². The third-order valence-corrected chi connectivity index (χ3v) is 5.24. The molecule has 0 fully saturated rings. The molecule has 126 valence electrons. The molecule has 0 aliphatic carbocycles. The van der Waals surface area contributed by atoms with Gasteiger partial charge in [0.15, 0.2) is 0 Å². The van der Waals surface area contributed by atoms with Crippen LogP contribution in [0.5, 0.6) is 0 Å². The molecule has 0 bridgehead atoms. The van der Waals surface area contributed by atoms with Gasteiger partial charge in [-0.2, -0.15) is 8.42 Å². The van der Waals surface area contributed by atoms with Crippen molar-refractivity contribution in [2.75, 3.05) is 0 Å². The summed E-state index contributed by atoms with van der Waals surface area (Å²) in [5, 5.41) is 1.94. The average Bonchev–Trinajstić information content (AvgIpc) is 2.43. The maximum absolute atomic E-state index is 11.8. The first-order valence-corrected chi connectivity index (χ1v) is 9.55. The Bertz CT molecular complexity index is 831. The highest BCUT2D eigenvalue weighted by Crippen LogP contribution is 2.35.